The summed E-state index contributed by atoms with van der Waals surface area (Å²) in [5.41, 5.74) is 3.69. The molecule has 0 fully saturated rings. The van der Waals surface area contributed by atoms with Crippen molar-refractivity contribution in [2.75, 3.05) is 0 Å². The number of nitrogens with one attached hydrogen (secondary N) is 1. The van der Waals surface area contributed by atoms with E-state index in [9.17, 15) is 4.79 Å². The van der Waals surface area contributed by atoms with Crippen LogP contribution in [0.1, 0.15) is 22.8 Å². The summed E-state index contributed by atoms with van der Waals surface area (Å²) in [6.07, 6.45) is 0. The van der Waals surface area contributed by atoms with Crippen LogP contribution in [0.3, 0.4) is 0 Å². The molecular weight excluding hydrogens is 154 g/mol. The summed E-state index contributed by atoms with van der Waals surface area (Å²) in [5, 5.41) is 8.38. The van der Waals surface area contributed by atoms with Gasteiger partial charge in [0, 0.05) is 12.1 Å². The van der Waals surface area contributed by atoms with Crippen molar-refractivity contribution in [3.63, 3.8) is 0 Å². The highest BCUT2D eigenvalue weighted by molar-refractivity contribution is 5.93. The summed E-state index contributed by atoms with van der Waals surface area (Å²) >= 11 is 0. The van der Waals surface area contributed by atoms with Gasteiger partial charge in [-0.1, -0.05) is 24.3 Å². The van der Waals surface area contributed by atoms with E-state index < -0.39 is 0 Å². The smallest absolute Gasteiger partial charge is 0.159 e. The Hall–Kier alpha value is -1.19. The van der Waals surface area contributed by atoms with Crippen LogP contribution in [0.5, 0.6) is 0 Å². The SMILES string of the molecule is CC(=O)c1ccc(CNO)cc1. The number of hydrogen-bond acceptors (Lipinski definition) is 3. The number of rotatable bonds is 3. The van der Waals surface area contributed by atoms with Gasteiger partial charge in [0.15, 0.2) is 5.78 Å². The lowest BCUT2D eigenvalue weighted by atomic mass is 10.1. The quantitative estimate of drug-likeness (QED) is 0.525. The first kappa shape index (κ1) is 8.90. The highest BCUT2D eigenvalue weighted by Crippen LogP contribution is 2.04. The standard InChI is InChI=1S/C9H11NO2/c1-7(11)9-4-2-8(3-5-9)6-10-12/h2-5,10,12H,6H2,1H3. The van der Waals surface area contributed by atoms with E-state index in [0.717, 1.165) is 5.56 Å². The second-order valence-corrected chi connectivity index (χ2v) is 2.59. The van der Waals surface area contributed by atoms with Gasteiger partial charge >= 0.3 is 0 Å². The third-order valence-corrected chi connectivity index (χ3v) is 1.64. The maximum Gasteiger partial charge on any atom is 0.159 e. The Bertz CT molecular complexity index is 266. The summed E-state index contributed by atoms with van der Waals surface area (Å²) in [5.74, 6) is 0.0542. The molecule has 0 heterocycles. The number of Topliss-reactive ketones (excluding diaryl/α,β-unsaturated/α-hetero) is 1. The number of benzene rings is 1. The largest absolute Gasteiger partial charge is 0.316 e. The lowest BCUT2D eigenvalue weighted by Gasteiger charge is -1.99. The number of hydroxylamine groups is 1. The van der Waals surface area contributed by atoms with Gasteiger partial charge in [0.1, 0.15) is 0 Å². The van der Waals surface area contributed by atoms with Gasteiger partial charge in [-0.15, -0.1) is 0 Å². The summed E-state index contributed by atoms with van der Waals surface area (Å²) in [7, 11) is 0. The summed E-state index contributed by atoms with van der Waals surface area (Å²) < 4.78 is 0. The summed E-state index contributed by atoms with van der Waals surface area (Å²) in [4.78, 5) is 10.8. The fourth-order valence-corrected chi connectivity index (χ4v) is 0.949. The van der Waals surface area contributed by atoms with Crippen LogP contribution >= 0.6 is 0 Å². The minimum atomic E-state index is 0.0542. The van der Waals surface area contributed by atoms with E-state index in [1.807, 2.05) is 5.48 Å². The first-order valence-electron chi connectivity index (χ1n) is 3.71. The van der Waals surface area contributed by atoms with Gasteiger partial charge in [-0.2, -0.15) is 0 Å². The number of carbonyl (C=O) groups is 1. The van der Waals surface area contributed by atoms with Crippen LogP contribution in [-0.2, 0) is 6.54 Å². The Labute approximate surface area is 71.0 Å². The zero-order valence-electron chi connectivity index (χ0n) is 6.87. The fraction of sp³-hybridized carbons (Fsp3) is 0.222. The van der Waals surface area contributed by atoms with Gasteiger partial charge in [0.25, 0.3) is 0 Å². The third-order valence-electron chi connectivity index (χ3n) is 1.64. The van der Waals surface area contributed by atoms with E-state index in [1.54, 1.807) is 24.3 Å². The minimum Gasteiger partial charge on any atom is -0.316 e. The molecule has 2 N–H and O–H groups in total. The van der Waals surface area contributed by atoms with Crippen molar-refractivity contribution in [2.45, 2.75) is 13.5 Å². The molecule has 64 valence electrons. The zero-order valence-corrected chi connectivity index (χ0v) is 6.87. The van der Waals surface area contributed by atoms with Gasteiger partial charge in [-0.25, -0.2) is 5.48 Å². The molecule has 1 aromatic rings. The normalized spacial score (nSPS) is 9.83. The average molecular weight is 165 g/mol. The molecule has 1 rings (SSSR count). The molecular formula is C9H11NO2. The Morgan fingerprint density at radius 2 is 2.00 bits per heavy atom. The molecule has 3 heteroatoms. The molecule has 0 saturated carbocycles. The molecule has 0 unspecified atom stereocenters. The molecule has 0 aromatic heterocycles. The molecule has 3 nitrogen and oxygen atoms in total. The Morgan fingerprint density at radius 1 is 1.42 bits per heavy atom. The van der Waals surface area contributed by atoms with Crippen LogP contribution in [0.4, 0.5) is 0 Å². The number of hydrogen-bond donors (Lipinski definition) is 2. The lowest BCUT2D eigenvalue weighted by Crippen LogP contribution is -2.06. The molecule has 0 bridgehead atoms. The van der Waals surface area contributed by atoms with Crippen LogP contribution in [0.25, 0.3) is 0 Å². The zero-order chi connectivity index (χ0) is 8.97. The molecule has 0 amide bonds. The molecule has 0 atom stereocenters. The van der Waals surface area contributed by atoms with Crippen molar-refractivity contribution in [1.29, 1.82) is 0 Å². The van der Waals surface area contributed by atoms with Crippen LogP contribution in [0.2, 0.25) is 0 Å². The van der Waals surface area contributed by atoms with Gasteiger partial charge in [0.05, 0.1) is 0 Å². The monoisotopic (exact) mass is 165 g/mol. The molecule has 0 aliphatic heterocycles. The van der Waals surface area contributed by atoms with Crippen molar-refractivity contribution >= 4 is 5.78 Å². The Balaban J connectivity index is 2.78. The van der Waals surface area contributed by atoms with Crippen molar-refractivity contribution in [2.24, 2.45) is 0 Å². The average Bonchev–Trinajstić information content (AvgIpc) is 2.06. The third kappa shape index (κ3) is 2.15. The van der Waals surface area contributed by atoms with E-state index in [4.69, 9.17) is 5.21 Å². The van der Waals surface area contributed by atoms with Crippen molar-refractivity contribution < 1.29 is 10.0 Å². The molecule has 0 spiro atoms. The minimum absolute atomic E-state index is 0.0542. The van der Waals surface area contributed by atoms with E-state index in [0.29, 0.717) is 12.1 Å². The van der Waals surface area contributed by atoms with Gasteiger partial charge in [-0.3, -0.25) is 4.79 Å². The van der Waals surface area contributed by atoms with Crippen LogP contribution in [0.15, 0.2) is 24.3 Å². The highest BCUT2D eigenvalue weighted by atomic mass is 16.5. The second-order valence-electron chi connectivity index (χ2n) is 2.59. The first-order chi connectivity index (χ1) is 5.74. The maximum atomic E-state index is 10.8. The van der Waals surface area contributed by atoms with Crippen LogP contribution in [-0.4, -0.2) is 11.0 Å². The number of carbonyl (C=O) groups excluding carboxylic acids is 1. The van der Waals surface area contributed by atoms with Gasteiger partial charge < -0.3 is 5.21 Å². The van der Waals surface area contributed by atoms with E-state index >= 15 is 0 Å². The topological polar surface area (TPSA) is 49.3 Å². The Kier molecular flexibility index (Phi) is 2.96. The molecule has 0 aliphatic carbocycles. The first-order valence-corrected chi connectivity index (χ1v) is 3.71. The van der Waals surface area contributed by atoms with Gasteiger partial charge in [-0.05, 0) is 12.5 Å². The maximum absolute atomic E-state index is 10.8. The summed E-state index contributed by atoms with van der Waals surface area (Å²) in [6, 6.07) is 7.10. The van der Waals surface area contributed by atoms with E-state index in [2.05, 4.69) is 0 Å². The molecule has 0 aliphatic rings. The van der Waals surface area contributed by atoms with Gasteiger partial charge in [0.2, 0.25) is 0 Å². The predicted octanol–water partition coefficient (Wildman–Crippen LogP) is 1.37. The molecule has 1 aromatic carbocycles. The second kappa shape index (κ2) is 3.99. The summed E-state index contributed by atoms with van der Waals surface area (Å²) in [6.45, 7) is 1.93. The number of ketones is 1. The fourth-order valence-electron chi connectivity index (χ4n) is 0.949. The van der Waals surface area contributed by atoms with Crippen molar-refractivity contribution in [3.05, 3.63) is 35.4 Å². The molecule has 0 radical (unpaired) electrons. The van der Waals surface area contributed by atoms with E-state index in [-0.39, 0.29) is 5.78 Å². The molecule has 0 saturated heterocycles. The van der Waals surface area contributed by atoms with Crippen LogP contribution in [0, 0.1) is 0 Å². The van der Waals surface area contributed by atoms with Crippen LogP contribution < -0.4 is 5.48 Å². The molecule has 12 heavy (non-hydrogen) atoms. The lowest BCUT2D eigenvalue weighted by molar-refractivity contribution is 0.101. The van der Waals surface area contributed by atoms with E-state index in [1.165, 1.54) is 6.92 Å². The predicted molar refractivity (Wildman–Crippen MR) is 45.1 cm³/mol. The van der Waals surface area contributed by atoms with Crippen molar-refractivity contribution in [1.82, 2.24) is 5.48 Å². The highest BCUT2D eigenvalue weighted by Gasteiger charge is 1.97. The van der Waals surface area contributed by atoms with Crippen molar-refractivity contribution in [3.8, 4) is 0 Å². The Morgan fingerprint density at radius 3 is 2.42 bits per heavy atom.